The highest BCUT2D eigenvalue weighted by Crippen LogP contribution is 2.48. The van der Waals surface area contributed by atoms with E-state index >= 15 is 0 Å². The van der Waals surface area contributed by atoms with Gasteiger partial charge in [-0.1, -0.05) is 19.1 Å². The van der Waals surface area contributed by atoms with E-state index in [0.29, 0.717) is 47.1 Å². The molecule has 4 aromatic rings. The molecule has 0 radical (unpaired) electrons. The summed E-state index contributed by atoms with van der Waals surface area (Å²) in [4.78, 5) is 27.8. The van der Waals surface area contributed by atoms with E-state index in [0.717, 1.165) is 12.1 Å². The Labute approximate surface area is 328 Å². The van der Waals surface area contributed by atoms with Crippen LogP contribution in [0.25, 0.3) is 0 Å². The number of fused-ring (bicyclic) bond motifs is 2. The fourth-order valence-corrected chi connectivity index (χ4v) is 8.51. The molecule has 15 heteroatoms. The maximum absolute atomic E-state index is 12.3. The molecule has 2 bridgehead atoms. The van der Waals surface area contributed by atoms with Crippen molar-refractivity contribution in [3.63, 3.8) is 0 Å². The minimum atomic E-state index is -2.06. The average molecular weight is 789 g/mol. The van der Waals surface area contributed by atoms with E-state index < -0.39 is 29.1 Å². The number of anilines is 1. The summed E-state index contributed by atoms with van der Waals surface area (Å²) in [6.45, 7) is 1.50. The second kappa shape index (κ2) is 16.2. The second-order valence-corrected chi connectivity index (χ2v) is 15.0. The van der Waals surface area contributed by atoms with E-state index in [-0.39, 0.29) is 109 Å². The Morgan fingerprint density at radius 1 is 0.702 bits per heavy atom. The van der Waals surface area contributed by atoms with Crippen LogP contribution in [0.15, 0.2) is 54.6 Å². The van der Waals surface area contributed by atoms with Gasteiger partial charge in [-0.15, -0.1) is 0 Å². The summed E-state index contributed by atoms with van der Waals surface area (Å²) in [5, 5.41) is 108. The second-order valence-electron chi connectivity index (χ2n) is 15.0. The number of benzene rings is 4. The SMILES string of the molecule is CCC1c2cc(CN(Cc3ccc(O)cc3O)c3c(O)ccc(CN(Cc4ccc(O)cc4O)C4CCC(C(=O)O)(C(=O)O)C4)c3O)c(O)c(c2O)CCC1OC. The van der Waals surface area contributed by atoms with Crippen LogP contribution in [-0.2, 0) is 46.9 Å². The Kier molecular flexibility index (Phi) is 11.5. The van der Waals surface area contributed by atoms with Crippen molar-refractivity contribution < 1.29 is 65.4 Å². The van der Waals surface area contributed by atoms with Crippen molar-refractivity contribution in [1.82, 2.24) is 4.90 Å². The fraction of sp³-hybridized carbons (Fsp3) is 0.381. The molecule has 2 aliphatic carbocycles. The molecular weight excluding hydrogens is 740 g/mol. The third-order valence-corrected chi connectivity index (χ3v) is 11.7. The summed E-state index contributed by atoms with van der Waals surface area (Å²) >= 11 is 0. The number of aromatic hydroxyl groups is 8. The quantitative estimate of drug-likeness (QED) is 0.0688. The van der Waals surface area contributed by atoms with Crippen molar-refractivity contribution >= 4 is 17.6 Å². The molecule has 4 aromatic carbocycles. The molecule has 6 rings (SSSR count). The number of carboxylic acids is 2. The number of hydrogen-bond donors (Lipinski definition) is 10. The molecule has 1 saturated carbocycles. The lowest BCUT2D eigenvalue weighted by atomic mass is 9.86. The number of phenols is 8. The molecule has 1 fully saturated rings. The first-order valence-corrected chi connectivity index (χ1v) is 18.7. The van der Waals surface area contributed by atoms with Gasteiger partial charge in [-0.05, 0) is 68.9 Å². The van der Waals surface area contributed by atoms with Crippen LogP contribution < -0.4 is 4.90 Å². The first-order chi connectivity index (χ1) is 27.1. The Bertz CT molecular complexity index is 2160. The molecule has 3 unspecified atom stereocenters. The van der Waals surface area contributed by atoms with Crippen LogP contribution in [0.3, 0.4) is 0 Å². The molecule has 0 heterocycles. The molecule has 2 aliphatic rings. The summed E-state index contributed by atoms with van der Waals surface area (Å²) in [6.07, 6.45) is 0.967. The lowest BCUT2D eigenvalue weighted by Crippen LogP contribution is -2.40. The van der Waals surface area contributed by atoms with Gasteiger partial charge < -0.3 is 60.7 Å². The molecule has 0 aliphatic heterocycles. The number of methoxy groups -OCH3 is 1. The Balaban J connectivity index is 1.44. The summed E-state index contributed by atoms with van der Waals surface area (Å²) in [5.41, 5.74) is -0.0439. The van der Waals surface area contributed by atoms with Gasteiger partial charge in [0, 0.05) is 90.8 Å². The molecule has 304 valence electrons. The van der Waals surface area contributed by atoms with E-state index in [2.05, 4.69) is 0 Å². The van der Waals surface area contributed by atoms with Crippen molar-refractivity contribution in [2.45, 2.75) is 89.7 Å². The first kappa shape index (κ1) is 40.6. The highest BCUT2D eigenvalue weighted by Gasteiger charge is 2.53. The largest absolute Gasteiger partial charge is 0.508 e. The average Bonchev–Trinajstić information content (AvgIpc) is 3.59. The van der Waals surface area contributed by atoms with Gasteiger partial charge in [-0.2, -0.15) is 0 Å². The lowest BCUT2D eigenvalue weighted by molar-refractivity contribution is -0.164. The third kappa shape index (κ3) is 7.85. The molecule has 0 aromatic heterocycles. The van der Waals surface area contributed by atoms with Crippen molar-refractivity contribution in [2.24, 2.45) is 5.41 Å². The maximum atomic E-state index is 12.3. The molecular formula is C42H48N2O13. The van der Waals surface area contributed by atoms with Crippen LogP contribution in [0.4, 0.5) is 5.69 Å². The van der Waals surface area contributed by atoms with E-state index in [1.54, 1.807) is 18.1 Å². The van der Waals surface area contributed by atoms with Crippen LogP contribution in [-0.4, -0.2) is 87.2 Å². The minimum Gasteiger partial charge on any atom is -0.508 e. The summed E-state index contributed by atoms with van der Waals surface area (Å²) in [7, 11) is 1.60. The number of rotatable bonds is 14. The maximum Gasteiger partial charge on any atom is 0.321 e. The third-order valence-electron chi connectivity index (χ3n) is 11.7. The van der Waals surface area contributed by atoms with Gasteiger partial charge in [0.1, 0.15) is 51.7 Å². The topological polar surface area (TPSA) is 252 Å². The number of carboxylic acid groups (broad SMARTS) is 2. The predicted molar refractivity (Wildman–Crippen MR) is 206 cm³/mol. The normalized spacial score (nSPS) is 18.7. The van der Waals surface area contributed by atoms with Gasteiger partial charge in [0.25, 0.3) is 0 Å². The molecule has 10 N–H and O–H groups in total. The highest BCUT2D eigenvalue weighted by atomic mass is 16.5. The molecule has 57 heavy (non-hydrogen) atoms. The summed E-state index contributed by atoms with van der Waals surface area (Å²) in [6, 6.07) is 11.8. The zero-order valence-corrected chi connectivity index (χ0v) is 31.6. The minimum absolute atomic E-state index is 0.0282. The van der Waals surface area contributed by atoms with Crippen LogP contribution in [0.5, 0.6) is 46.0 Å². The number of nitrogens with zero attached hydrogens (tertiary/aromatic N) is 2. The van der Waals surface area contributed by atoms with Gasteiger partial charge in [0.15, 0.2) is 5.41 Å². The Morgan fingerprint density at radius 2 is 1.28 bits per heavy atom. The van der Waals surface area contributed by atoms with E-state index in [9.17, 15) is 60.7 Å². The van der Waals surface area contributed by atoms with Crippen LogP contribution in [0, 0.1) is 5.41 Å². The van der Waals surface area contributed by atoms with Crippen LogP contribution in [0.1, 0.15) is 78.3 Å². The monoisotopic (exact) mass is 788 g/mol. The van der Waals surface area contributed by atoms with Gasteiger partial charge in [-0.25, -0.2) is 0 Å². The summed E-state index contributed by atoms with van der Waals surface area (Å²) < 4.78 is 5.76. The van der Waals surface area contributed by atoms with Crippen molar-refractivity contribution in [1.29, 1.82) is 0 Å². The molecule has 0 amide bonds. The summed E-state index contributed by atoms with van der Waals surface area (Å²) in [5.74, 6) is -5.07. The van der Waals surface area contributed by atoms with E-state index in [4.69, 9.17) is 4.74 Å². The van der Waals surface area contributed by atoms with Crippen LogP contribution >= 0.6 is 0 Å². The Morgan fingerprint density at radius 3 is 1.84 bits per heavy atom. The highest BCUT2D eigenvalue weighted by molar-refractivity contribution is 5.98. The fourth-order valence-electron chi connectivity index (χ4n) is 8.51. The van der Waals surface area contributed by atoms with Crippen molar-refractivity contribution in [2.75, 3.05) is 12.0 Å². The van der Waals surface area contributed by atoms with E-state index in [1.807, 2.05) is 6.92 Å². The zero-order chi connectivity index (χ0) is 41.3. The lowest BCUT2D eigenvalue weighted by Gasteiger charge is -2.32. The smallest absolute Gasteiger partial charge is 0.321 e. The van der Waals surface area contributed by atoms with Gasteiger partial charge >= 0.3 is 11.9 Å². The van der Waals surface area contributed by atoms with Gasteiger partial charge in [-0.3, -0.25) is 14.5 Å². The number of hydrogen-bond acceptors (Lipinski definition) is 13. The molecule has 0 spiro atoms. The molecule has 15 nitrogen and oxygen atoms in total. The molecule has 3 atom stereocenters. The van der Waals surface area contributed by atoms with E-state index in [1.165, 1.54) is 41.3 Å². The van der Waals surface area contributed by atoms with Gasteiger partial charge in [0.05, 0.1) is 6.10 Å². The zero-order valence-electron chi connectivity index (χ0n) is 31.6. The number of ether oxygens (including phenoxy) is 1. The van der Waals surface area contributed by atoms with Crippen molar-refractivity contribution in [3.05, 3.63) is 88.0 Å². The van der Waals surface area contributed by atoms with Crippen molar-refractivity contribution in [3.8, 4) is 46.0 Å². The number of carbonyl (C=O) groups is 2. The number of aliphatic carboxylic acids is 2. The van der Waals surface area contributed by atoms with Crippen LogP contribution in [0.2, 0.25) is 0 Å². The predicted octanol–water partition coefficient (Wildman–Crippen LogP) is 5.70. The standard InChI is InChI=1S/C42H48N2O13/c1-3-29-31-14-25(37(50)30(39(31)52)9-11-35(29)57-2)21-44(19-23-5-8-28(46)16-34(23)49)36-32(47)10-6-24(38(36)51)20-43(18-22-4-7-27(45)15-33(22)48)26-12-13-42(17-26,40(53)54)41(55)56/h4-8,10,14-16,26,29,35,45-52H,3,9,11-13,17-21H2,1-2H3,(H,53,54)(H,55,56). The molecule has 0 saturated heterocycles. The number of phenolic OH excluding ortho intramolecular Hbond substituents is 8. The first-order valence-electron chi connectivity index (χ1n) is 18.7. The van der Waals surface area contributed by atoms with Gasteiger partial charge in [0.2, 0.25) is 0 Å². The Hall–Kier alpha value is -6.06.